The summed E-state index contributed by atoms with van der Waals surface area (Å²) in [7, 11) is 0. The molecule has 0 aliphatic carbocycles. The Labute approximate surface area is 129 Å². The van der Waals surface area contributed by atoms with E-state index in [1.165, 1.54) is 36.3 Å². The van der Waals surface area contributed by atoms with Crippen LogP contribution in [0, 0.1) is 0 Å². The Bertz CT molecular complexity index is 582. The first kappa shape index (κ1) is 14.8. The Hall–Kier alpha value is -2.08. The van der Waals surface area contributed by atoms with Gasteiger partial charge in [-0.2, -0.15) is 0 Å². The maximum Gasteiger partial charge on any atom is 0.265 e. The molecule has 0 radical (unpaired) electrons. The number of quaternary nitrogens is 1. The largest absolute Gasteiger partial charge is 0.545 e. The van der Waals surface area contributed by atoms with E-state index >= 15 is 0 Å². The number of fused-ring (bicyclic) bond motifs is 1. The minimum Gasteiger partial charge on any atom is -0.545 e. The van der Waals surface area contributed by atoms with Crippen LogP contribution in [0.2, 0.25) is 0 Å². The summed E-state index contributed by atoms with van der Waals surface area (Å²) in [5, 5.41) is 10.9. The number of piperidine rings is 1. The Balaban J connectivity index is 1.74. The molecule has 22 heavy (non-hydrogen) atoms. The summed E-state index contributed by atoms with van der Waals surface area (Å²) in [5.41, 5.74) is 0.715. The zero-order chi connectivity index (χ0) is 15.5. The molecular formula is C16H20N2O4. The highest BCUT2D eigenvalue weighted by molar-refractivity contribution is 5.99. The molecule has 1 fully saturated rings. The van der Waals surface area contributed by atoms with E-state index in [4.69, 9.17) is 4.74 Å². The van der Waals surface area contributed by atoms with Gasteiger partial charge in [0.1, 0.15) is 5.75 Å². The van der Waals surface area contributed by atoms with Crippen LogP contribution >= 0.6 is 0 Å². The summed E-state index contributed by atoms with van der Waals surface area (Å²) in [6, 6.07) is 4.51. The number of hydrogen-bond acceptors (Lipinski definition) is 4. The summed E-state index contributed by atoms with van der Waals surface area (Å²) in [4.78, 5) is 26.3. The van der Waals surface area contributed by atoms with Gasteiger partial charge in [-0.05, 0) is 31.4 Å². The highest BCUT2D eigenvalue weighted by atomic mass is 16.5. The molecule has 0 bridgehead atoms. The summed E-state index contributed by atoms with van der Waals surface area (Å²) < 4.78 is 5.36. The van der Waals surface area contributed by atoms with E-state index in [9.17, 15) is 14.7 Å². The molecule has 1 saturated heterocycles. The van der Waals surface area contributed by atoms with Crippen LogP contribution in [0.25, 0.3) is 0 Å². The van der Waals surface area contributed by atoms with Gasteiger partial charge >= 0.3 is 0 Å². The van der Waals surface area contributed by atoms with Crippen molar-refractivity contribution in [1.82, 2.24) is 0 Å². The molecule has 0 aromatic heterocycles. The number of amides is 1. The van der Waals surface area contributed by atoms with Crippen LogP contribution in [0.4, 0.5) is 5.69 Å². The zero-order valence-corrected chi connectivity index (χ0v) is 12.5. The number of anilines is 1. The SMILES string of the molecule is O=C([O-])c1ccc2c(c1)OCC(=O)N2CC[NH+]1CCCCC1. The first-order chi connectivity index (χ1) is 10.6. The van der Waals surface area contributed by atoms with Crippen LogP contribution in [-0.4, -0.2) is 44.7 Å². The number of nitrogens with zero attached hydrogens (tertiary/aromatic N) is 1. The fourth-order valence-corrected chi connectivity index (χ4v) is 3.15. The van der Waals surface area contributed by atoms with Crippen molar-refractivity contribution in [1.29, 1.82) is 0 Å². The van der Waals surface area contributed by atoms with Crippen LogP contribution in [0.5, 0.6) is 5.75 Å². The molecule has 1 amide bonds. The van der Waals surface area contributed by atoms with Gasteiger partial charge < -0.3 is 24.4 Å². The number of likely N-dealkylation sites (tertiary alicyclic amines) is 1. The molecule has 0 atom stereocenters. The van der Waals surface area contributed by atoms with Gasteiger partial charge in [0.05, 0.1) is 37.8 Å². The second-order valence-electron chi connectivity index (χ2n) is 5.86. The van der Waals surface area contributed by atoms with Crippen molar-refractivity contribution in [2.75, 3.05) is 37.7 Å². The van der Waals surface area contributed by atoms with Gasteiger partial charge in [-0.1, -0.05) is 6.07 Å². The molecule has 6 heteroatoms. The smallest absolute Gasteiger partial charge is 0.265 e. The number of carbonyl (C=O) groups excluding carboxylic acids is 2. The van der Waals surface area contributed by atoms with Crippen molar-refractivity contribution in [3.8, 4) is 5.75 Å². The van der Waals surface area contributed by atoms with Gasteiger partial charge in [0.2, 0.25) is 0 Å². The van der Waals surface area contributed by atoms with Crippen molar-refractivity contribution in [3.05, 3.63) is 23.8 Å². The molecule has 0 saturated carbocycles. The molecule has 0 spiro atoms. The van der Waals surface area contributed by atoms with Crippen LogP contribution in [-0.2, 0) is 4.79 Å². The molecule has 3 rings (SSSR count). The third-order valence-corrected chi connectivity index (χ3v) is 4.39. The lowest BCUT2D eigenvalue weighted by Crippen LogP contribution is -3.13. The monoisotopic (exact) mass is 304 g/mol. The number of ether oxygens (including phenoxy) is 1. The normalized spacial score (nSPS) is 18.7. The van der Waals surface area contributed by atoms with Gasteiger partial charge in [0.15, 0.2) is 6.61 Å². The van der Waals surface area contributed by atoms with Gasteiger partial charge in [-0.3, -0.25) is 4.79 Å². The molecule has 2 aliphatic rings. The van der Waals surface area contributed by atoms with Crippen molar-refractivity contribution in [2.45, 2.75) is 19.3 Å². The van der Waals surface area contributed by atoms with Crippen LogP contribution in [0.15, 0.2) is 18.2 Å². The number of hydrogen-bond donors (Lipinski definition) is 1. The summed E-state index contributed by atoms with van der Waals surface area (Å²) in [6.07, 6.45) is 3.80. The van der Waals surface area contributed by atoms with E-state index in [0.717, 1.165) is 19.6 Å². The summed E-state index contributed by atoms with van der Waals surface area (Å²) in [5.74, 6) is -0.882. The zero-order valence-electron chi connectivity index (χ0n) is 12.5. The first-order valence-electron chi connectivity index (χ1n) is 7.77. The molecular weight excluding hydrogens is 284 g/mol. The number of aromatic carboxylic acids is 1. The summed E-state index contributed by atoms with van der Waals surface area (Å²) in [6.45, 7) is 3.82. The van der Waals surface area contributed by atoms with Crippen LogP contribution in [0.3, 0.4) is 0 Å². The lowest BCUT2D eigenvalue weighted by atomic mass is 10.1. The second-order valence-corrected chi connectivity index (χ2v) is 5.86. The molecule has 0 unspecified atom stereocenters. The number of rotatable bonds is 4. The average Bonchev–Trinajstić information content (AvgIpc) is 2.54. The lowest BCUT2D eigenvalue weighted by molar-refractivity contribution is -0.903. The molecule has 2 aliphatic heterocycles. The van der Waals surface area contributed by atoms with Crippen molar-refractivity contribution >= 4 is 17.6 Å². The predicted molar refractivity (Wildman–Crippen MR) is 78.0 cm³/mol. The number of benzene rings is 1. The van der Waals surface area contributed by atoms with E-state index in [1.807, 2.05) is 0 Å². The van der Waals surface area contributed by atoms with E-state index < -0.39 is 5.97 Å². The standard InChI is InChI=1S/C16H20N2O4/c19-15-11-22-14-10-12(16(20)21)4-5-13(14)18(15)9-8-17-6-2-1-3-7-17/h4-5,10H,1-3,6-9,11H2,(H,20,21). The van der Waals surface area contributed by atoms with Gasteiger partial charge in [0, 0.05) is 5.56 Å². The topological polar surface area (TPSA) is 74.1 Å². The van der Waals surface area contributed by atoms with E-state index in [0.29, 0.717) is 18.0 Å². The van der Waals surface area contributed by atoms with Crippen LogP contribution in [0.1, 0.15) is 29.6 Å². The summed E-state index contributed by atoms with van der Waals surface area (Å²) >= 11 is 0. The highest BCUT2D eigenvalue weighted by Crippen LogP contribution is 2.32. The number of carbonyl (C=O) groups is 2. The van der Waals surface area contributed by atoms with E-state index in [1.54, 1.807) is 11.0 Å². The third-order valence-electron chi connectivity index (χ3n) is 4.39. The molecule has 1 N–H and O–H groups in total. The predicted octanol–water partition coefficient (Wildman–Crippen LogP) is -1.16. The van der Waals surface area contributed by atoms with Gasteiger partial charge in [-0.15, -0.1) is 0 Å². The Kier molecular flexibility index (Phi) is 4.29. The molecule has 1 aromatic carbocycles. The maximum absolute atomic E-state index is 12.1. The highest BCUT2D eigenvalue weighted by Gasteiger charge is 2.27. The number of carboxylic acid groups (broad SMARTS) is 1. The van der Waals surface area contributed by atoms with Crippen LogP contribution < -0.4 is 19.6 Å². The fraction of sp³-hybridized carbons (Fsp3) is 0.500. The van der Waals surface area contributed by atoms with Gasteiger partial charge in [0.25, 0.3) is 5.91 Å². The first-order valence-corrected chi connectivity index (χ1v) is 7.77. The van der Waals surface area contributed by atoms with Crippen molar-refractivity contribution < 1.29 is 24.3 Å². The quantitative estimate of drug-likeness (QED) is 0.762. The Morgan fingerprint density at radius 3 is 2.77 bits per heavy atom. The van der Waals surface area contributed by atoms with E-state index in [2.05, 4.69) is 0 Å². The Morgan fingerprint density at radius 2 is 2.05 bits per heavy atom. The van der Waals surface area contributed by atoms with Crippen molar-refractivity contribution in [3.63, 3.8) is 0 Å². The van der Waals surface area contributed by atoms with Gasteiger partial charge in [-0.25, -0.2) is 0 Å². The number of carboxylic acids is 1. The molecule has 118 valence electrons. The average molecular weight is 304 g/mol. The van der Waals surface area contributed by atoms with Crippen molar-refractivity contribution in [2.24, 2.45) is 0 Å². The lowest BCUT2D eigenvalue weighted by Gasteiger charge is -2.31. The molecule has 6 nitrogen and oxygen atoms in total. The maximum atomic E-state index is 12.1. The minimum atomic E-state index is -1.24. The molecule has 2 heterocycles. The molecule has 1 aromatic rings. The number of nitrogens with one attached hydrogen (secondary N) is 1. The fourth-order valence-electron chi connectivity index (χ4n) is 3.15. The second kappa shape index (κ2) is 6.36. The minimum absolute atomic E-state index is 0.0428. The van der Waals surface area contributed by atoms with E-state index in [-0.39, 0.29) is 18.1 Å². The Morgan fingerprint density at radius 1 is 1.27 bits per heavy atom. The third kappa shape index (κ3) is 3.06.